The van der Waals surface area contributed by atoms with E-state index >= 15 is 0 Å². The minimum absolute atomic E-state index is 0.0482. The number of hydrogen-bond acceptors (Lipinski definition) is 5. The van der Waals surface area contributed by atoms with Crippen LogP contribution in [0.25, 0.3) is 0 Å². The standard InChI is InChI=1S/C23H19F3N2O3S/c24-23(25,26)12-11-16-13-32-21-17(27)20(29)28(21)18(16)22(30)31-19(14-7-3-1-4-8-14)15-9-5-2-6-10-15/h1-12,17,19,21H,13,27H2/t17-,21-/m1/s1. The lowest BCUT2D eigenvalue weighted by molar-refractivity contribution is -0.153. The van der Waals surface area contributed by atoms with E-state index in [1.54, 1.807) is 48.5 Å². The third-order valence-corrected chi connectivity index (χ3v) is 6.46. The highest BCUT2D eigenvalue weighted by Crippen LogP contribution is 2.41. The number of carbonyl (C=O) groups excluding carboxylic acids is 2. The summed E-state index contributed by atoms with van der Waals surface area (Å²) in [5.41, 5.74) is 7.07. The van der Waals surface area contributed by atoms with Crippen LogP contribution in [-0.2, 0) is 14.3 Å². The van der Waals surface area contributed by atoms with Crippen molar-refractivity contribution in [2.45, 2.75) is 23.7 Å². The number of esters is 1. The van der Waals surface area contributed by atoms with Crippen molar-refractivity contribution in [3.8, 4) is 0 Å². The van der Waals surface area contributed by atoms with E-state index in [0.29, 0.717) is 11.1 Å². The molecule has 5 nitrogen and oxygen atoms in total. The van der Waals surface area contributed by atoms with Crippen molar-refractivity contribution in [2.24, 2.45) is 5.73 Å². The van der Waals surface area contributed by atoms with E-state index < -0.39 is 35.6 Å². The fraction of sp³-hybridized carbons (Fsp3) is 0.217. The Labute approximate surface area is 186 Å². The second-order valence-corrected chi connectivity index (χ2v) is 8.40. The maximum absolute atomic E-state index is 13.3. The van der Waals surface area contributed by atoms with Gasteiger partial charge in [-0.05, 0) is 16.7 Å². The number of nitrogens with two attached hydrogens (primary N) is 1. The predicted octanol–water partition coefficient (Wildman–Crippen LogP) is 3.93. The van der Waals surface area contributed by atoms with Gasteiger partial charge in [0.15, 0.2) is 6.10 Å². The Morgan fingerprint density at radius 3 is 2.19 bits per heavy atom. The van der Waals surface area contributed by atoms with E-state index in [0.717, 1.165) is 11.0 Å². The Hall–Kier alpha value is -3.04. The van der Waals surface area contributed by atoms with Crippen LogP contribution in [0.1, 0.15) is 17.2 Å². The normalized spacial score (nSPS) is 21.0. The summed E-state index contributed by atoms with van der Waals surface area (Å²) in [5.74, 6) is -1.31. The second-order valence-electron chi connectivity index (χ2n) is 7.29. The molecular weight excluding hydrogens is 441 g/mol. The molecule has 2 aromatic rings. The molecule has 0 spiro atoms. The average molecular weight is 460 g/mol. The quantitative estimate of drug-likeness (QED) is 0.541. The Morgan fingerprint density at radius 2 is 1.66 bits per heavy atom. The van der Waals surface area contributed by atoms with Crippen molar-refractivity contribution in [3.63, 3.8) is 0 Å². The molecule has 9 heteroatoms. The van der Waals surface area contributed by atoms with Gasteiger partial charge in [0.05, 0.1) is 0 Å². The Kier molecular flexibility index (Phi) is 6.12. The van der Waals surface area contributed by atoms with Crippen LogP contribution < -0.4 is 5.73 Å². The van der Waals surface area contributed by atoms with Gasteiger partial charge in [-0.25, -0.2) is 4.79 Å². The van der Waals surface area contributed by atoms with Gasteiger partial charge in [-0.3, -0.25) is 9.69 Å². The molecule has 0 aromatic heterocycles. The molecule has 0 bridgehead atoms. The van der Waals surface area contributed by atoms with E-state index in [1.807, 2.05) is 12.1 Å². The predicted molar refractivity (Wildman–Crippen MR) is 114 cm³/mol. The molecule has 4 rings (SSSR count). The van der Waals surface area contributed by atoms with Crippen molar-refractivity contribution in [1.82, 2.24) is 4.90 Å². The van der Waals surface area contributed by atoms with Gasteiger partial charge in [0.25, 0.3) is 0 Å². The number of thioether (sulfide) groups is 1. The fourth-order valence-corrected chi connectivity index (χ4v) is 4.86. The van der Waals surface area contributed by atoms with Gasteiger partial charge in [-0.15, -0.1) is 11.8 Å². The summed E-state index contributed by atoms with van der Waals surface area (Å²) < 4.78 is 44.2. The first-order valence-electron chi connectivity index (χ1n) is 9.76. The maximum atomic E-state index is 13.3. The van der Waals surface area contributed by atoms with Gasteiger partial charge in [-0.1, -0.05) is 66.7 Å². The SMILES string of the molecule is N[C@@H]1C(=O)N2C(C(=O)OC(c3ccccc3)c3ccccc3)=C(C=CC(F)(F)F)CS[C@H]12. The molecule has 166 valence electrons. The zero-order valence-corrected chi connectivity index (χ0v) is 17.5. The molecule has 1 fully saturated rings. The summed E-state index contributed by atoms with van der Waals surface area (Å²) in [6.45, 7) is 0. The second kappa shape index (κ2) is 8.84. The van der Waals surface area contributed by atoms with Gasteiger partial charge < -0.3 is 10.5 Å². The molecule has 2 aromatic carbocycles. The number of nitrogens with zero attached hydrogens (tertiary/aromatic N) is 1. The van der Waals surface area contributed by atoms with Crippen LogP contribution in [0.3, 0.4) is 0 Å². The highest BCUT2D eigenvalue weighted by atomic mass is 32.2. The molecular formula is C23H19F3N2O3S. The number of fused-ring (bicyclic) bond motifs is 1. The van der Waals surface area contributed by atoms with Gasteiger partial charge >= 0.3 is 12.1 Å². The van der Waals surface area contributed by atoms with Crippen LogP contribution in [0.15, 0.2) is 84.1 Å². The van der Waals surface area contributed by atoms with Gasteiger partial charge in [0, 0.05) is 11.8 Å². The largest absolute Gasteiger partial charge is 0.448 e. The maximum Gasteiger partial charge on any atom is 0.409 e. The zero-order chi connectivity index (χ0) is 22.9. The lowest BCUT2D eigenvalue weighted by atomic mass is 10.0. The lowest BCUT2D eigenvalue weighted by Gasteiger charge is -2.48. The minimum Gasteiger partial charge on any atom is -0.448 e. The highest BCUT2D eigenvalue weighted by Gasteiger charge is 2.52. The summed E-state index contributed by atoms with van der Waals surface area (Å²) in [7, 11) is 0. The summed E-state index contributed by atoms with van der Waals surface area (Å²) >= 11 is 1.21. The number of amides is 1. The van der Waals surface area contributed by atoms with Gasteiger partial charge in [0.2, 0.25) is 5.91 Å². The van der Waals surface area contributed by atoms with Crippen molar-refractivity contribution in [2.75, 3.05) is 5.75 Å². The fourth-order valence-electron chi connectivity index (χ4n) is 3.60. The van der Waals surface area contributed by atoms with Crippen LogP contribution in [0.5, 0.6) is 0 Å². The Bertz CT molecular complexity index is 1030. The molecule has 0 saturated carbocycles. The molecule has 1 saturated heterocycles. The van der Waals surface area contributed by atoms with Crippen LogP contribution >= 0.6 is 11.8 Å². The topological polar surface area (TPSA) is 72.6 Å². The molecule has 2 N–H and O–H groups in total. The third kappa shape index (κ3) is 4.44. The summed E-state index contributed by atoms with van der Waals surface area (Å²) in [6.07, 6.45) is -4.50. The number of allylic oxidation sites excluding steroid dienone is 2. The summed E-state index contributed by atoms with van der Waals surface area (Å²) in [6, 6.07) is 17.1. The minimum atomic E-state index is -4.56. The van der Waals surface area contributed by atoms with E-state index in [2.05, 4.69) is 0 Å². The molecule has 2 aliphatic rings. The first kappa shape index (κ1) is 22.2. The van der Waals surface area contributed by atoms with Crippen molar-refractivity contribution < 1.29 is 27.5 Å². The number of β-lactam (4-membered cyclic amide) rings is 1. The summed E-state index contributed by atoms with van der Waals surface area (Å²) in [4.78, 5) is 26.8. The number of ether oxygens (including phenoxy) is 1. The third-order valence-electron chi connectivity index (χ3n) is 5.14. The molecule has 1 amide bonds. The monoisotopic (exact) mass is 460 g/mol. The smallest absolute Gasteiger partial charge is 0.409 e. The average Bonchev–Trinajstić information content (AvgIpc) is 2.80. The van der Waals surface area contributed by atoms with Gasteiger partial charge in [-0.2, -0.15) is 13.2 Å². The van der Waals surface area contributed by atoms with E-state index in [-0.39, 0.29) is 23.1 Å². The Balaban J connectivity index is 1.72. The lowest BCUT2D eigenvalue weighted by Crippen LogP contribution is -2.68. The number of rotatable bonds is 5. The van der Waals surface area contributed by atoms with Crippen LogP contribution in [0.2, 0.25) is 0 Å². The summed E-state index contributed by atoms with van der Waals surface area (Å²) in [5, 5.41) is -0.514. The van der Waals surface area contributed by atoms with Crippen LogP contribution in [0, 0.1) is 0 Å². The molecule has 2 aliphatic heterocycles. The van der Waals surface area contributed by atoms with E-state index in [1.165, 1.54) is 11.8 Å². The van der Waals surface area contributed by atoms with E-state index in [9.17, 15) is 22.8 Å². The number of hydrogen-bond donors (Lipinski definition) is 1. The number of halogens is 3. The molecule has 2 heterocycles. The molecule has 0 unspecified atom stereocenters. The number of carbonyl (C=O) groups is 2. The van der Waals surface area contributed by atoms with Crippen molar-refractivity contribution in [1.29, 1.82) is 0 Å². The molecule has 0 radical (unpaired) electrons. The zero-order valence-electron chi connectivity index (χ0n) is 16.7. The van der Waals surface area contributed by atoms with E-state index in [4.69, 9.17) is 10.5 Å². The number of benzene rings is 2. The van der Waals surface area contributed by atoms with Crippen LogP contribution in [-0.4, -0.2) is 40.1 Å². The molecule has 2 atom stereocenters. The van der Waals surface area contributed by atoms with Crippen molar-refractivity contribution in [3.05, 3.63) is 95.2 Å². The first-order valence-corrected chi connectivity index (χ1v) is 10.8. The first-order chi connectivity index (χ1) is 15.3. The molecule has 32 heavy (non-hydrogen) atoms. The van der Waals surface area contributed by atoms with Crippen molar-refractivity contribution >= 4 is 23.6 Å². The number of alkyl halides is 3. The highest BCUT2D eigenvalue weighted by molar-refractivity contribution is 8.00. The van der Waals surface area contributed by atoms with Gasteiger partial charge in [0.1, 0.15) is 17.1 Å². The van der Waals surface area contributed by atoms with Crippen LogP contribution in [0.4, 0.5) is 13.2 Å². The Morgan fingerprint density at radius 1 is 1.09 bits per heavy atom. The molecule has 0 aliphatic carbocycles.